The van der Waals surface area contributed by atoms with Crippen LogP contribution >= 0.6 is 0 Å². The standard InChI is InChI=1S/C56H35NO2/c1-2-14-36(15-3-1)51-35-40(32-33-44(51)47-22-12-23-48-45-20-8-10-26-53(45)58-55(47)48)57(52-25-13-24-49-46-21-9-11-27-54(46)59-56(49)52)39-30-28-37(29-31-39)50-34-38-16-4-5-17-41(38)42-18-6-7-19-43(42)50/h1-35H. The van der Waals surface area contributed by atoms with Gasteiger partial charge in [-0.05, 0) is 97.9 Å². The largest absolute Gasteiger partial charge is 0.455 e. The lowest BCUT2D eigenvalue weighted by atomic mass is 9.92. The minimum atomic E-state index is 0.843. The molecular formula is C56H35NO2. The van der Waals surface area contributed by atoms with Crippen molar-refractivity contribution in [3.63, 3.8) is 0 Å². The zero-order valence-corrected chi connectivity index (χ0v) is 32.0. The zero-order valence-electron chi connectivity index (χ0n) is 32.0. The Labute approximate surface area is 340 Å². The van der Waals surface area contributed by atoms with Crippen LogP contribution < -0.4 is 4.90 Å². The number of nitrogens with zero attached hydrogens (tertiary/aromatic N) is 1. The summed E-state index contributed by atoms with van der Waals surface area (Å²) < 4.78 is 13.3. The predicted octanol–water partition coefficient (Wildman–Crippen LogP) is 16.3. The molecule has 2 aromatic heterocycles. The van der Waals surface area contributed by atoms with E-state index in [0.717, 1.165) is 88.8 Å². The average molecular weight is 754 g/mol. The summed E-state index contributed by atoms with van der Waals surface area (Å²) in [7, 11) is 0. The molecule has 0 saturated heterocycles. The summed E-state index contributed by atoms with van der Waals surface area (Å²) in [5.41, 5.74) is 13.3. The van der Waals surface area contributed by atoms with Crippen molar-refractivity contribution in [2.45, 2.75) is 0 Å². The molecule has 0 radical (unpaired) electrons. The first-order chi connectivity index (χ1) is 29.3. The molecule has 3 nitrogen and oxygen atoms in total. The normalized spacial score (nSPS) is 11.7. The highest BCUT2D eigenvalue weighted by atomic mass is 16.3. The van der Waals surface area contributed by atoms with Crippen molar-refractivity contribution in [1.29, 1.82) is 0 Å². The minimum Gasteiger partial charge on any atom is -0.455 e. The number of benzene rings is 10. The first-order valence-electron chi connectivity index (χ1n) is 20.1. The molecule has 12 aromatic rings. The molecule has 2 heterocycles. The molecule has 0 atom stereocenters. The maximum atomic E-state index is 6.72. The molecule has 0 bridgehead atoms. The molecule has 0 aliphatic rings. The Bertz CT molecular complexity index is 3560. The molecular weight excluding hydrogens is 719 g/mol. The smallest absolute Gasteiger partial charge is 0.159 e. The lowest BCUT2D eigenvalue weighted by Crippen LogP contribution is -2.10. The van der Waals surface area contributed by atoms with Gasteiger partial charge in [0.15, 0.2) is 5.58 Å². The van der Waals surface area contributed by atoms with Crippen LogP contribution in [0.15, 0.2) is 221 Å². The van der Waals surface area contributed by atoms with Crippen LogP contribution in [0.2, 0.25) is 0 Å². The van der Waals surface area contributed by atoms with Gasteiger partial charge < -0.3 is 13.7 Å². The molecule has 59 heavy (non-hydrogen) atoms. The summed E-state index contributed by atoms with van der Waals surface area (Å²) in [4.78, 5) is 2.34. The van der Waals surface area contributed by atoms with E-state index in [1.54, 1.807) is 0 Å². The Morgan fingerprint density at radius 2 is 0.847 bits per heavy atom. The van der Waals surface area contributed by atoms with Crippen LogP contribution in [0.5, 0.6) is 0 Å². The summed E-state index contributed by atoms with van der Waals surface area (Å²) in [6.07, 6.45) is 0. The van der Waals surface area contributed by atoms with E-state index in [1.165, 1.54) is 27.1 Å². The second kappa shape index (κ2) is 13.4. The van der Waals surface area contributed by atoms with Crippen molar-refractivity contribution in [1.82, 2.24) is 0 Å². The van der Waals surface area contributed by atoms with Gasteiger partial charge in [-0.15, -0.1) is 0 Å². The summed E-state index contributed by atoms with van der Waals surface area (Å²) in [5.74, 6) is 0. The van der Waals surface area contributed by atoms with E-state index < -0.39 is 0 Å². The van der Waals surface area contributed by atoms with E-state index in [2.05, 4.69) is 193 Å². The fraction of sp³-hybridized carbons (Fsp3) is 0. The Morgan fingerprint density at radius 3 is 1.61 bits per heavy atom. The van der Waals surface area contributed by atoms with Gasteiger partial charge in [-0.1, -0.05) is 164 Å². The molecule has 0 N–H and O–H groups in total. The Morgan fingerprint density at radius 1 is 0.288 bits per heavy atom. The Balaban J connectivity index is 1.08. The average Bonchev–Trinajstić information content (AvgIpc) is 3.89. The molecule has 0 unspecified atom stereocenters. The van der Waals surface area contributed by atoms with Crippen LogP contribution in [-0.2, 0) is 0 Å². The lowest BCUT2D eigenvalue weighted by Gasteiger charge is -2.27. The fourth-order valence-electron chi connectivity index (χ4n) is 9.14. The van der Waals surface area contributed by atoms with Crippen LogP contribution in [0.4, 0.5) is 17.1 Å². The minimum absolute atomic E-state index is 0.843. The summed E-state index contributed by atoms with van der Waals surface area (Å²) in [5, 5.41) is 9.41. The number of hydrogen-bond acceptors (Lipinski definition) is 3. The van der Waals surface area contributed by atoms with Gasteiger partial charge in [-0.2, -0.15) is 0 Å². The van der Waals surface area contributed by atoms with Crippen molar-refractivity contribution >= 4 is 82.5 Å². The van der Waals surface area contributed by atoms with Crippen molar-refractivity contribution in [2.24, 2.45) is 0 Å². The molecule has 0 aliphatic carbocycles. The summed E-state index contributed by atoms with van der Waals surface area (Å²) in [6, 6.07) is 75.7. The second-order valence-electron chi connectivity index (χ2n) is 15.2. The van der Waals surface area contributed by atoms with Gasteiger partial charge in [0.1, 0.15) is 16.7 Å². The molecule has 3 heteroatoms. The van der Waals surface area contributed by atoms with Crippen LogP contribution in [0, 0.1) is 0 Å². The quantitative estimate of drug-likeness (QED) is 0.158. The van der Waals surface area contributed by atoms with Crippen LogP contribution in [0.1, 0.15) is 0 Å². The number of hydrogen-bond donors (Lipinski definition) is 0. The SMILES string of the molecule is c1ccc(-c2cc(N(c3ccc(-c4cc5ccccc5c5ccccc45)cc3)c3cccc4c3oc3ccccc34)ccc2-c2cccc3c2oc2ccccc23)cc1. The highest BCUT2D eigenvalue weighted by molar-refractivity contribution is 6.15. The van der Waals surface area contributed by atoms with Crippen molar-refractivity contribution in [3.8, 4) is 33.4 Å². The molecule has 0 fully saturated rings. The third kappa shape index (κ3) is 5.36. The number of rotatable bonds is 6. The van der Waals surface area contributed by atoms with E-state index >= 15 is 0 Å². The molecule has 10 aromatic carbocycles. The van der Waals surface area contributed by atoms with Crippen molar-refractivity contribution < 1.29 is 8.83 Å². The van der Waals surface area contributed by atoms with Crippen LogP contribution in [0.25, 0.3) is 98.8 Å². The third-order valence-corrected chi connectivity index (χ3v) is 11.9. The van der Waals surface area contributed by atoms with E-state index in [4.69, 9.17) is 8.83 Å². The maximum Gasteiger partial charge on any atom is 0.159 e. The third-order valence-electron chi connectivity index (χ3n) is 11.9. The molecule has 12 rings (SSSR count). The summed E-state index contributed by atoms with van der Waals surface area (Å²) >= 11 is 0. The van der Waals surface area contributed by atoms with Crippen LogP contribution in [0.3, 0.4) is 0 Å². The Hall–Kier alpha value is -7.88. The zero-order chi connectivity index (χ0) is 38.9. The highest BCUT2D eigenvalue weighted by Crippen LogP contribution is 2.47. The van der Waals surface area contributed by atoms with Gasteiger partial charge in [-0.3, -0.25) is 0 Å². The lowest BCUT2D eigenvalue weighted by molar-refractivity contribution is 0.669. The molecule has 276 valence electrons. The van der Waals surface area contributed by atoms with Gasteiger partial charge in [0, 0.05) is 38.5 Å². The van der Waals surface area contributed by atoms with Gasteiger partial charge in [0.2, 0.25) is 0 Å². The molecule has 0 spiro atoms. The monoisotopic (exact) mass is 753 g/mol. The number of anilines is 3. The van der Waals surface area contributed by atoms with Crippen molar-refractivity contribution in [3.05, 3.63) is 212 Å². The van der Waals surface area contributed by atoms with Gasteiger partial charge in [-0.25, -0.2) is 0 Å². The number of para-hydroxylation sites is 4. The Kier molecular flexibility index (Phi) is 7.54. The summed E-state index contributed by atoms with van der Waals surface area (Å²) in [6.45, 7) is 0. The van der Waals surface area contributed by atoms with Gasteiger partial charge in [0.25, 0.3) is 0 Å². The van der Waals surface area contributed by atoms with E-state index in [0.29, 0.717) is 0 Å². The van der Waals surface area contributed by atoms with Gasteiger partial charge >= 0.3 is 0 Å². The molecule has 0 amide bonds. The van der Waals surface area contributed by atoms with E-state index in [9.17, 15) is 0 Å². The molecule has 0 aliphatic heterocycles. The fourth-order valence-corrected chi connectivity index (χ4v) is 9.14. The van der Waals surface area contributed by atoms with Gasteiger partial charge in [0.05, 0.1) is 5.69 Å². The van der Waals surface area contributed by atoms with E-state index in [-0.39, 0.29) is 0 Å². The van der Waals surface area contributed by atoms with E-state index in [1.807, 2.05) is 24.3 Å². The highest BCUT2D eigenvalue weighted by Gasteiger charge is 2.22. The second-order valence-corrected chi connectivity index (χ2v) is 15.2. The van der Waals surface area contributed by atoms with Crippen molar-refractivity contribution in [2.75, 3.05) is 4.90 Å². The first-order valence-corrected chi connectivity index (χ1v) is 20.1. The topological polar surface area (TPSA) is 29.5 Å². The first kappa shape index (κ1) is 33.3. The van der Waals surface area contributed by atoms with Crippen LogP contribution in [-0.4, -0.2) is 0 Å². The number of furan rings is 2. The predicted molar refractivity (Wildman–Crippen MR) is 247 cm³/mol. The maximum absolute atomic E-state index is 6.72. The number of fused-ring (bicyclic) bond motifs is 9. The molecule has 0 saturated carbocycles.